The third kappa shape index (κ3) is 2.49. The van der Waals surface area contributed by atoms with Gasteiger partial charge in [-0.25, -0.2) is 4.98 Å². The first kappa shape index (κ1) is 14.4. The number of benzene rings is 1. The van der Waals surface area contributed by atoms with Gasteiger partial charge in [-0.2, -0.15) is 5.26 Å². The Bertz CT molecular complexity index is 996. The standard InChI is InChI=1S/C17H10N4O2S/c18-6-13-8-20-17(24-13)16(22)21-12-2-1-10-7-19-15(14(10)5-12)11-3-4-23-9-11/h1-5,8-9H,7H2,(H,21,22). The molecule has 0 fully saturated rings. The number of anilines is 1. The van der Waals surface area contributed by atoms with Crippen molar-refractivity contribution in [3.63, 3.8) is 0 Å². The molecule has 24 heavy (non-hydrogen) atoms. The van der Waals surface area contributed by atoms with Crippen molar-refractivity contribution in [3.05, 3.63) is 69.6 Å². The monoisotopic (exact) mass is 334 g/mol. The lowest BCUT2D eigenvalue weighted by atomic mass is 10.0. The number of nitriles is 1. The quantitative estimate of drug-likeness (QED) is 0.796. The van der Waals surface area contributed by atoms with Gasteiger partial charge in [-0.1, -0.05) is 17.4 Å². The van der Waals surface area contributed by atoms with Gasteiger partial charge in [-0.3, -0.25) is 9.79 Å². The maximum Gasteiger partial charge on any atom is 0.284 e. The molecule has 0 bridgehead atoms. The summed E-state index contributed by atoms with van der Waals surface area (Å²) < 4.78 is 5.12. The number of rotatable bonds is 3. The van der Waals surface area contributed by atoms with Gasteiger partial charge in [0.1, 0.15) is 10.9 Å². The molecule has 0 unspecified atom stereocenters. The van der Waals surface area contributed by atoms with Gasteiger partial charge >= 0.3 is 0 Å². The molecule has 0 spiro atoms. The topological polar surface area (TPSA) is 91.3 Å². The van der Waals surface area contributed by atoms with Crippen LogP contribution in [0.4, 0.5) is 5.69 Å². The molecule has 1 aliphatic heterocycles. The van der Waals surface area contributed by atoms with Crippen LogP contribution in [-0.2, 0) is 6.54 Å². The Morgan fingerprint density at radius 3 is 3.04 bits per heavy atom. The van der Waals surface area contributed by atoms with Crippen LogP contribution in [0.25, 0.3) is 0 Å². The number of hydrogen-bond donors (Lipinski definition) is 1. The van der Waals surface area contributed by atoms with Crippen molar-refractivity contribution in [1.82, 2.24) is 4.98 Å². The predicted molar refractivity (Wildman–Crippen MR) is 89.3 cm³/mol. The van der Waals surface area contributed by atoms with Crippen LogP contribution in [0, 0.1) is 11.3 Å². The van der Waals surface area contributed by atoms with Crippen LogP contribution in [0.3, 0.4) is 0 Å². The minimum Gasteiger partial charge on any atom is -0.472 e. The molecule has 1 N–H and O–H groups in total. The Morgan fingerprint density at radius 1 is 1.38 bits per heavy atom. The van der Waals surface area contributed by atoms with E-state index in [9.17, 15) is 4.79 Å². The highest BCUT2D eigenvalue weighted by molar-refractivity contribution is 7.14. The molecular weight excluding hydrogens is 324 g/mol. The van der Waals surface area contributed by atoms with E-state index in [2.05, 4.69) is 15.3 Å². The van der Waals surface area contributed by atoms with Crippen molar-refractivity contribution < 1.29 is 9.21 Å². The smallest absolute Gasteiger partial charge is 0.284 e. The Balaban J connectivity index is 1.60. The van der Waals surface area contributed by atoms with Crippen molar-refractivity contribution in [2.24, 2.45) is 4.99 Å². The van der Waals surface area contributed by atoms with Crippen molar-refractivity contribution in [3.8, 4) is 6.07 Å². The highest BCUT2D eigenvalue weighted by Gasteiger charge is 2.19. The zero-order chi connectivity index (χ0) is 16.5. The summed E-state index contributed by atoms with van der Waals surface area (Å²) >= 11 is 1.06. The van der Waals surface area contributed by atoms with E-state index >= 15 is 0 Å². The second-order valence-corrected chi connectivity index (χ2v) is 6.18. The molecule has 6 nitrogen and oxygen atoms in total. The molecule has 0 radical (unpaired) electrons. The zero-order valence-corrected chi connectivity index (χ0v) is 13.1. The third-order valence-electron chi connectivity index (χ3n) is 3.64. The predicted octanol–water partition coefficient (Wildman–Crippen LogP) is 3.21. The first-order valence-corrected chi connectivity index (χ1v) is 7.94. The molecule has 116 valence electrons. The van der Waals surface area contributed by atoms with Gasteiger partial charge in [0.2, 0.25) is 0 Å². The fraction of sp³-hybridized carbons (Fsp3) is 0.0588. The summed E-state index contributed by atoms with van der Waals surface area (Å²) in [6.07, 6.45) is 4.65. The Hall–Kier alpha value is -3.24. The van der Waals surface area contributed by atoms with Crippen molar-refractivity contribution in [2.45, 2.75) is 6.54 Å². The van der Waals surface area contributed by atoms with E-state index in [4.69, 9.17) is 9.68 Å². The minimum atomic E-state index is -0.332. The van der Waals surface area contributed by atoms with Gasteiger partial charge < -0.3 is 9.73 Å². The van der Waals surface area contributed by atoms with E-state index in [-0.39, 0.29) is 10.9 Å². The number of aromatic nitrogens is 1. The molecule has 0 atom stereocenters. The number of carbonyl (C=O) groups excluding carboxylic acids is 1. The highest BCUT2D eigenvalue weighted by Crippen LogP contribution is 2.26. The van der Waals surface area contributed by atoms with Gasteiger partial charge in [-0.05, 0) is 23.8 Å². The van der Waals surface area contributed by atoms with Gasteiger partial charge in [0, 0.05) is 16.8 Å². The van der Waals surface area contributed by atoms with Crippen molar-refractivity contribution in [1.29, 1.82) is 5.26 Å². The fourth-order valence-electron chi connectivity index (χ4n) is 2.52. The number of furan rings is 1. The maximum absolute atomic E-state index is 12.2. The number of nitrogens with zero attached hydrogens (tertiary/aromatic N) is 3. The molecule has 1 aliphatic rings. The van der Waals surface area contributed by atoms with Crippen LogP contribution in [-0.4, -0.2) is 16.6 Å². The molecule has 2 aromatic heterocycles. The van der Waals surface area contributed by atoms with Crippen LogP contribution in [0.1, 0.15) is 31.4 Å². The van der Waals surface area contributed by atoms with E-state index in [0.29, 0.717) is 17.1 Å². The maximum atomic E-state index is 12.2. The third-order valence-corrected chi connectivity index (χ3v) is 4.54. The molecule has 0 aliphatic carbocycles. The van der Waals surface area contributed by atoms with Crippen LogP contribution < -0.4 is 5.32 Å². The van der Waals surface area contributed by atoms with E-state index in [0.717, 1.165) is 33.7 Å². The van der Waals surface area contributed by atoms with Crippen LogP contribution in [0.2, 0.25) is 0 Å². The van der Waals surface area contributed by atoms with Crippen molar-refractivity contribution in [2.75, 3.05) is 5.32 Å². The Kier molecular flexibility index (Phi) is 3.44. The number of aliphatic imine (C=N–C) groups is 1. The summed E-state index contributed by atoms with van der Waals surface area (Å²) in [6, 6.07) is 9.51. The first-order chi connectivity index (χ1) is 11.7. The van der Waals surface area contributed by atoms with Gasteiger partial charge in [0.25, 0.3) is 5.91 Å². The summed E-state index contributed by atoms with van der Waals surface area (Å²) in [4.78, 5) is 21.1. The molecule has 3 aromatic rings. The lowest BCUT2D eigenvalue weighted by molar-refractivity contribution is 0.102. The largest absolute Gasteiger partial charge is 0.472 e. The zero-order valence-electron chi connectivity index (χ0n) is 12.3. The number of nitrogens with one attached hydrogen (secondary N) is 1. The summed E-state index contributed by atoms with van der Waals surface area (Å²) in [5.74, 6) is -0.332. The van der Waals surface area contributed by atoms with Crippen molar-refractivity contribution >= 4 is 28.6 Å². The van der Waals surface area contributed by atoms with E-state index < -0.39 is 0 Å². The summed E-state index contributed by atoms with van der Waals surface area (Å²) in [5.41, 5.74) is 4.51. The van der Waals surface area contributed by atoms with Crippen LogP contribution >= 0.6 is 11.3 Å². The second-order valence-electron chi connectivity index (χ2n) is 5.14. The summed E-state index contributed by atoms with van der Waals surface area (Å²) in [6.45, 7) is 0.613. The fourth-order valence-corrected chi connectivity index (χ4v) is 3.13. The van der Waals surface area contributed by atoms with E-state index in [1.54, 1.807) is 12.5 Å². The lowest BCUT2D eigenvalue weighted by Gasteiger charge is -2.07. The van der Waals surface area contributed by atoms with Gasteiger partial charge in [0.15, 0.2) is 5.01 Å². The Labute approximate surface area is 141 Å². The lowest BCUT2D eigenvalue weighted by Crippen LogP contribution is -2.12. The van der Waals surface area contributed by atoms with Gasteiger partial charge in [0.05, 0.1) is 31.0 Å². The molecule has 0 saturated carbocycles. The normalized spacial score (nSPS) is 12.4. The van der Waals surface area contributed by atoms with Gasteiger partial charge in [-0.15, -0.1) is 0 Å². The number of thiazole rings is 1. The Morgan fingerprint density at radius 2 is 2.29 bits per heavy atom. The number of carbonyl (C=O) groups is 1. The van der Waals surface area contributed by atoms with Crippen LogP contribution in [0.5, 0.6) is 0 Å². The first-order valence-electron chi connectivity index (χ1n) is 7.12. The molecule has 1 amide bonds. The molecule has 7 heteroatoms. The van der Waals surface area contributed by atoms with E-state index in [1.807, 2.05) is 30.3 Å². The molecule has 3 heterocycles. The summed E-state index contributed by atoms with van der Waals surface area (Å²) in [5, 5.41) is 11.9. The summed E-state index contributed by atoms with van der Waals surface area (Å²) in [7, 11) is 0. The van der Waals surface area contributed by atoms with Crippen LogP contribution in [0.15, 0.2) is 52.4 Å². The molecular formula is C17H10N4O2S. The number of amides is 1. The minimum absolute atomic E-state index is 0.260. The van der Waals surface area contributed by atoms with E-state index in [1.165, 1.54) is 6.20 Å². The highest BCUT2D eigenvalue weighted by atomic mass is 32.1. The SMILES string of the molecule is N#Cc1cnc(C(=O)Nc2ccc3c(c2)C(c2ccoc2)=NC3)s1. The average Bonchev–Trinajstić information content (AvgIpc) is 3.33. The molecule has 0 saturated heterocycles. The molecule has 1 aromatic carbocycles. The average molecular weight is 334 g/mol. The molecule has 4 rings (SSSR count). The number of fused-ring (bicyclic) bond motifs is 1. The number of hydrogen-bond acceptors (Lipinski definition) is 6. The second kappa shape index (κ2) is 5.76.